The molecule has 0 aromatic carbocycles. The van der Waals surface area contributed by atoms with Gasteiger partial charge in [-0.15, -0.1) is 0 Å². The quantitative estimate of drug-likeness (QED) is 0.357. The Labute approximate surface area is 168 Å². The van der Waals surface area contributed by atoms with Crippen molar-refractivity contribution < 1.29 is 18.8 Å². The van der Waals surface area contributed by atoms with Crippen LogP contribution in [0.25, 0.3) is 0 Å². The number of aldehydes is 1. The zero-order valence-electron chi connectivity index (χ0n) is 19.2. The number of alkyl carbamates (subject to hydrolysis) is 1. The van der Waals surface area contributed by atoms with Gasteiger partial charge < -0.3 is 19.3 Å². The Bertz CT molecular complexity index is 436. The second-order valence-electron chi connectivity index (χ2n) is 9.68. The summed E-state index contributed by atoms with van der Waals surface area (Å²) in [5.74, 6) is 0.272. The molecule has 0 aliphatic rings. The molecule has 0 aromatic rings. The van der Waals surface area contributed by atoms with E-state index < -0.39 is 26.1 Å². The van der Waals surface area contributed by atoms with E-state index in [4.69, 9.17) is 9.16 Å². The Morgan fingerprint density at radius 3 is 1.85 bits per heavy atom. The predicted octanol–water partition coefficient (Wildman–Crippen LogP) is 5.69. The molecule has 6 heteroatoms. The molecule has 0 fully saturated rings. The van der Waals surface area contributed by atoms with Crippen LogP contribution in [0.5, 0.6) is 0 Å². The minimum Gasteiger partial charge on any atom is -0.444 e. The van der Waals surface area contributed by atoms with E-state index >= 15 is 0 Å². The van der Waals surface area contributed by atoms with Gasteiger partial charge >= 0.3 is 6.09 Å². The molecular formula is C21H43NO4Si. The highest BCUT2D eigenvalue weighted by Gasteiger charge is 2.44. The number of amides is 1. The van der Waals surface area contributed by atoms with Crippen LogP contribution in [0.3, 0.4) is 0 Å². The third-order valence-electron chi connectivity index (χ3n) is 5.19. The van der Waals surface area contributed by atoms with E-state index in [0.717, 1.165) is 12.7 Å². The fourth-order valence-electron chi connectivity index (χ4n) is 4.10. The molecule has 0 bridgehead atoms. The van der Waals surface area contributed by atoms with Crippen LogP contribution in [0, 0.1) is 5.92 Å². The summed E-state index contributed by atoms with van der Waals surface area (Å²) in [7, 11) is -1.85. The van der Waals surface area contributed by atoms with E-state index in [1.54, 1.807) is 20.8 Å². The Morgan fingerprint density at radius 1 is 1.00 bits per heavy atom. The van der Waals surface area contributed by atoms with Crippen molar-refractivity contribution in [2.75, 3.05) is 6.61 Å². The molecule has 1 amide bonds. The summed E-state index contributed by atoms with van der Waals surface area (Å²) in [5, 5.41) is 2.65. The third kappa shape index (κ3) is 8.77. The maximum atomic E-state index is 11.9. The lowest BCUT2D eigenvalue weighted by Gasteiger charge is -2.42. The number of ether oxygens (including phenoxy) is 1. The minimum absolute atomic E-state index is 0.272. The Morgan fingerprint density at radius 2 is 1.48 bits per heavy atom. The number of hydrogen-bond acceptors (Lipinski definition) is 4. The zero-order chi connectivity index (χ0) is 21.4. The molecule has 0 saturated carbocycles. The van der Waals surface area contributed by atoms with Crippen molar-refractivity contribution in [2.45, 2.75) is 110 Å². The highest BCUT2D eigenvalue weighted by atomic mass is 28.4. The SMILES string of the molecule is CC(CCO[Si](C(C)C)(C(C)C)C(C)C)CC(C=O)NC(=O)OC(C)(C)C. The van der Waals surface area contributed by atoms with E-state index in [1.807, 2.05) is 0 Å². The van der Waals surface area contributed by atoms with Gasteiger partial charge in [0.2, 0.25) is 0 Å². The fraction of sp³-hybridized carbons (Fsp3) is 0.905. The molecular weight excluding hydrogens is 358 g/mol. The number of rotatable bonds is 11. The van der Waals surface area contributed by atoms with Gasteiger partial charge in [-0.3, -0.25) is 0 Å². The van der Waals surface area contributed by atoms with Crippen molar-refractivity contribution in [1.29, 1.82) is 0 Å². The van der Waals surface area contributed by atoms with E-state index in [0.29, 0.717) is 29.7 Å². The van der Waals surface area contributed by atoms with Gasteiger partial charge in [0.05, 0.1) is 6.04 Å². The summed E-state index contributed by atoms with van der Waals surface area (Å²) in [6.45, 7) is 21.9. The lowest BCUT2D eigenvalue weighted by molar-refractivity contribution is -0.110. The highest BCUT2D eigenvalue weighted by molar-refractivity contribution is 6.77. The first-order chi connectivity index (χ1) is 12.3. The molecule has 0 aliphatic heterocycles. The molecule has 0 radical (unpaired) electrons. The van der Waals surface area contributed by atoms with Crippen LogP contribution in [0.4, 0.5) is 4.79 Å². The second kappa shape index (κ2) is 11.2. The van der Waals surface area contributed by atoms with Gasteiger partial charge in [0, 0.05) is 6.61 Å². The Balaban J connectivity index is 4.65. The molecule has 0 spiro atoms. The summed E-state index contributed by atoms with van der Waals surface area (Å²) in [6.07, 6.45) is 1.71. The van der Waals surface area contributed by atoms with Crippen LogP contribution in [0.2, 0.25) is 16.6 Å². The van der Waals surface area contributed by atoms with E-state index in [-0.39, 0.29) is 5.92 Å². The predicted molar refractivity (Wildman–Crippen MR) is 115 cm³/mol. The van der Waals surface area contributed by atoms with Gasteiger partial charge in [-0.25, -0.2) is 4.79 Å². The molecule has 0 heterocycles. The molecule has 0 aliphatic carbocycles. The molecule has 0 rings (SSSR count). The fourth-order valence-corrected chi connectivity index (χ4v) is 9.57. The van der Waals surface area contributed by atoms with Crippen molar-refractivity contribution in [3.8, 4) is 0 Å². The largest absolute Gasteiger partial charge is 0.444 e. The average Bonchev–Trinajstić information content (AvgIpc) is 2.47. The molecule has 160 valence electrons. The summed E-state index contributed by atoms with van der Waals surface area (Å²) in [4.78, 5) is 23.2. The number of carbonyl (C=O) groups is 2. The minimum atomic E-state index is -1.85. The monoisotopic (exact) mass is 401 g/mol. The first-order valence-corrected chi connectivity index (χ1v) is 12.5. The Hall–Kier alpha value is -0.883. The van der Waals surface area contributed by atoms with Gasteiger partial charge in [-0.2, -0.15) is 0 Å². The number of nitrogens with one attached hydrogen (secondary N) is 1. The second-order valence-corrected chi connectivity index (χ2v) is 15.1. The summed E-state index contributed by atoms with van der Waals surface area (Å²) < 4.78 is 11.8. The van der Waals surface area contributed by atoms with Crippen molar-refractivity contribution in [1.82, 2.24) is 5.32 Å². The topological polar surface area (TPSA) is 64.6 Å². The van der Waals surface area contributed by atoms with Crippen LogP contribution < -0.4 is 5.32 Å². The van der Waals surface area contributed by atoms with E-state index in [2.05, 4.69) is 53.8 Å². The first-order valence-electron chi connectivity index (χ1n) is 10.3. The van der Waals surface area contributed by atoms with E-state index in [1.165, 1.54) is 0 Å². The molecule has 2 unspecified atom stereocenters. The van der Waals surface area contributed by atoms with Crippen molar-refractivity contribution in [3.63, 3.8) is 0 Å². The van der Waals surface area contributed by atoms with Crippen LogP contribution in [0.15, 0.2) is 0 Å². The summed E-state index contributed by atoms with van der Waals surface area (Å²) in [5.41, 5.74) is 1.10. The maximum absolute atomic E-state index is 11.9. The normalized spacial score (nSPS) is 15.1. The van der Waals surface area contributed by atoms with Gasteiger partial charge in [-0.05, 0) is 56.2 Å². The highest BCUT2D eigenvalue weighted by Crippen LogP contribution is 2.42. The van der Waals surface area contributed by atoms with Gasteiger partial charge in [0.25, 0.3) is 0 Å². The van der Waals surface area contributed by atoms with Gasteiger partial charge in [0.1, 0.15) is 11.9 Å². The smallest absolute Gasteiger partial charge is 0.408 e. The third-order valence-corrected chi connectivity index (χ3v) is 11.3. The zero-order valence-corrected chi connectivity index (χ0v) is 20.2. The summed E-state index contributed by atoms with van der Waals surface area (Å²) >= 11 is 0. The number of carbonyl (C=O) groups excluding carboxylic acids is 2. The molecule has 5 nitrogen and oxygen atoms in total. The van der Waals surface area contributed by atoms with E-state index in [9.17, 15) is 9.59 Å². The molecule has 2 atom stereocenters. The van der Waals surface area contributed by atoms with Crippen LogP contribution in [-0.2, 0) is 14.0 Å². The first kappa shape index (κ1) is 26.1. The number of hydrogen-bond donors (Lipinski definition) is 1. The van der Waals surface area contributed by atoms with Crippen LogP contribution in [0.1, 0.15) is 82.1 Å². The summed E-state index contributed by atoms with van der Waals surface area (Å²) in [6, 6.07) is -0.530. The molecule has 27 heavy (non-hydrogen) atoms. The van der Waals surface area contributed by atoms with Crippen LogP contribution >= 0.6 is 0 Å². The van der Waals surface area contributed by atoms with Gasteiger partial charge in [-0.1, -0.05) is 48.5 Å². The van der Waals surface area contributed by atoms with Gasteiger partial charge in [0.15, 0.2) is 8.32 Å². The molecule has 1 N–H and O–H groups in total. The lowest BCUT2D eigenvalue weighted by atomic mass is 10.00. The van der Waals surface area contributed by atoms with Crippen LogP contribution in [-0.4, -0.2) is 38.9 Å². The lowest BCUT2D eigenvalue weighted by Crippen LogP contribution is -2.48. The molecule has 0 aromatic heterocycles. The maximum Gasteiger partial charge on any atom is 0.408 e. The van der Waals surface area contributed by atoms with Crippen molar-refractivity contribution in [3.05, 3.63) is 0 Å². The average molecular weight is 402 g/mol. The van der Waals surface area contributed by atoms with Crippen molar-refractivity contribution >= 4 is 20.7 Å². The Kier molecular flexibility index (Phi) is 10.8. The standard InChI is InChI=1S/C21H43NO4Si/c1-15(2)27(16(3)4,17(5)6)25-12-11-18(7)13-19(14-23)22-20(24)26-21(8,9)10/h14-19H,11-13H2,1-10H3,(H,22,24). The molecule has 0 saturated heterocycles. The van der Waals surface area contributed by atoms with Crippen molar-refractivity contribution in [2.24, 2.45) is 5.92 Å².